The Morgan fingerprint density at radius 1 is 1.19 bits per heavy atom. The minimum Gasteiger partial charge on any atom is -0.496 e. The molecule has 3 rings (SSSR count). The Morgan fingerprint density at radius 2 is 1.93 bits per heavy atom. The maximum Gasteiger partial charge on any atom is 0.270 e. The quantitative estimate of drug-likeness (QED) is 0.597. The maximum atomic E-state index is 10.9. The molecule has 0 amide bonds. The van der Waals surface area contributed by atoms with Crippen LogP contribution in [0.2, 0.25) is 0 Å². The van der Waals surface area contributed by atoms with E-state index < -0.39 is 4.92 Å². The molecule has 7 heteroatoms. The minimum absolute atomic E-state index is 0.0551. The number of non-ortho nitro benzene ring substituents is 1. The summed E-state index contributed by atoms with van der Waals surface area (Å²) in [6.45, 7) is 6.10. The van der Waals surface area contributed by atoms with Crippen LogP contribution in [0.25, 0.3) is 0 Å². The molecule has 1 fully saturated rings. The van der Waals surface area contributed by atoms with E-state index in [2.05, 4.69) is 28.9 Å². The first-order valence-electron chi connectivity index (χ1n) is 8.81. The van der Waals surface area contributed by atoms with E-state index in [-0.39, 0.29) is 5.69 Å². The summed E-state index contributed by atoms with van der Waals surface area (Å²) in [5.41, 5.74) is 3.42. The van der Waals surface area contributed by atoms with Gasteiger partial charge in [0.1, 0.15) is 11.8 Å². The molecule has 140 valence electrons. The Kier molecular flexibility index (Phi) is 5.57. The van der Waals surface area contributed by atoms with Gasteiger partial charge in [0.05, 0.1) is 23.3 Å². The van der Waals surface area contributed by atoms with Crippen LogP contribution in [0.5, 0.6) is 5.75 Å². The first-order chi connectivity index (χ1) is 13.0. The van der Waals surface area contributed by atoms with Gasteiger partial charge in [-0.05, 0) is 19.1 Å². The Labute approximate surface area is 158 Å². The number of nitrogens with zero attached hydrogens (tertiary/aromatic N) is 4. The smallest absolute Gasteiger partial charge is 0.270 e. The van der Waals surface area contributed by atoms with Crippen molar-refractivity contribution >= 4 is 11.4 Å². The lowest BCUT2D eigenvalue weighted by molar-refractivity contribution is -0.384. The third-order valence-corrected chi connectivity index (χ3v) is 4.85. The number of nitro benzene ring substituents is 1. The lowest BCUT2D eigenvalue weighted by atomic mass is 10.1. The third kappa shape index (κ3) is 4.18. The average Bonchev–Trinajstić information content (AvgIpc) is 2.68. The Hall–Kier alpha value is -3.11. The van der Waals surface area contributed by atoms with Gasteiger partial charge >= 0.3 is 0 Å². The number of benzene rings is 2. The second-order valence-electron chi connectivity index (χ2n) is 6.65. The van der Waals surface area contributed by atoms with E-state index >= 15 is 0 Å². The second kappa shape index (κ2) is 8.06. The SMILES string of the molecule is COc1ccc(C)cc1CN1CCN(c2ccc([N+](=O)[O-])cc2C#N)CC1. The Bertz CT molecular complexity index is 883. The van der Waals surface area contributed by atoms with Crippen molar-refractivity contribution in [3.8, 4) is 11.8 Å². The van der Waals surface area contributed by atoms with Gasteiger partial charge in [0.2, 0.25) is 0 Å². The summed E-state index contributed by atoms with van der Waals surface area (Å²) in [5, 5.41) is 20.3. The number of hydrogen-bond donors (Lipinski definition) is 0. The van der Waals surface area contributed by atoms with Gasteiger partial charge in [-0.25, -0.2) is 0 Å². The highest BCUT2D eigenvalue weighted by Gasteiger charge is 2.21. The number of aryl methyl sites for hydroxylation is 1. The number of anilines is 1. The molecule has 0 aromatic heterocycles. The van der Waals surface area contributed by atoms with Gasteiger partial charge < -0.3 is 9.64 Å². The van der Waals surface area contributed by atoms with Gasteiger partial charge in [-0.3, -0.25) is 15.0 Å². The van der Waals surface area contributed by atoms with Crippen molar-refractivity contribution < 1.29 is 9.66 Å². The van der Waals surface area contributed by atoms with Gasteiger partial charge in [-0.1, -0.05) is 17.7 Å². The topological polar surface area (TPSA) is 82.6 Å². The van der Waals surface area contributed by atoms with Crippen LogP contribution in [-0.4, -0.2) is 43.1 Å². The van der Waals surface area contributed by atoms with Crippen LogP contribution >= 0.6 is 0 Å². The van der Waals surface area contributed by atoms with Crippen molar-refractivity contribution in [3.05, 3.63) is 63.2 Å². The second-order valence-corrected chi connectivity index (χ2v) is 6.65. The molecule has 2 aromatic rings. The molecule has 0 unspecified atom stereocenters. The maximum absolute atomic E-state index is 10.9. The lowest BCUT2D eigenvalue weighted by Gasteiger charge is -2.36. The summed E-state index contributed by atoms with van der Waals surface area (Å²) < 4.78 is 5.46. The number of hydrogen-bond acceptors (Lipinski definition) is 6. The highest BCUT2D eigenvalue weighted by atomic mass is 16.6. The zero-order chi connectivity index (χ0) is 19.4. The first-order valence-corrected chi connectivity index (χ1v) is 8.81. The predicted molar refractivity (Wildman–Crippen MR) is 103 cm³/mol. The summed E-state index contributed by atoms with van der Waals surface area (Å²) in [6, 6.07) is 12.8. The van der Waals surface area contributed by atoms with Crippen LogP contribution in [0.1, 0.15) is 16.7 Å². The Balaban J connectivity index is 1.68. The molecule has 27 heavy (non-hydrogen) atoms. The van der Waals surface area contributed by atoms with Crippen LogP contribution < -0.4 is 9.64 Å². The summed E-state index contributed by atoms with van der Waals surface area (Å²) in [4.78, 5) is 14.9. The van der Waals surface area contributed by atoms with Crippen molar-refractivity contribution in [3.63, 3.8) is 0 Å². The molecule has 1 saturated heterocycles. The van der Waals surface area contributed by atoms with E-state index in [1.54, 1.807) is 13.2 Å². The fourth-order valence-electron chi connectivity index (χ4n) is 3.42. The van der Waals surface area contributed by atoms with E-state index in [1.807, 2.05) is 12.1 Å². The molecule has 1 heterocycles. The molecule has 0 aliphatic carbocycles. The van der Waals surface area contributed by atoms with Gasteiger partial charge in [-0.15, -0.1) is 0 Å². The van der Waals surface area contributed by atoms with Crippen molar-refractivity contribution in [1.82, 2.24) is 4.90 Å². The molecule has 2 aromatic carbocycles. The van der Waals surface area contributed by atoms with Crippen LogP contribution in [0.3, 0.4) is 0 Å². The fraction of sp³-hybridized carbons (Fsp3) is 0.350. The minimum atomic E-state index is -0.474. The first kappa shape index (κ1) is 18.7. The standard InChI is InChI=1S/C20H22N4O3/c1-15-3-6-20(27-2)17(11-15)14-22-7-9-23(10-8-22)19-5-4-18(24(25)26)12-16(19)13-21/h3-6,11-12H,7-10,14H2,1-2H3. The molecule has 0 atom stereocenters. The molecule has 0 bridgehead atoms. The molecular weight excluding hydrogens is 344 g/mol. The van der Waals surface area contributed by atoms with Gasteiger partial charge in [0.15, 0.2) is 0 Å². The Morgan fingerprint density at radius 3 is 2.56 bits per heavy atom. The normalized spacial score (nSPS) is 14.6. The van der Waals surface area contributed by atoms with Crippen molar-refractivity contribution in [2.75, 3.05) is 38.2 Å². The van der Waals surface area contributed by atoms with Crippen LogP contribution in [-0.2, 0) is 6.54 Å². The van der Waals surface area contributed by atoms with Gasteiger partial charge in [0, 0.05) is 50.4 Å². The summed E-state index contributed by atoms with van der Waals surface area (Å²) >= 11 is 0. The molecule has 0 spiro atoms. The van der Waals surface area contributed by atoms with Crippen molar-refractivity contribution in [2.24, 2.45) is 0 Å². The molecule has 0 saturated carbocycles. The number of piperazine rings is 1. The third-order valence-electron chi connectivity index (χ3n) is 4.85. The van der Waals surface area contributed by atoms with Gasteiger partial charge in [-0.2, -0.15) is 5.26 Å². The largest absolute Gasteiger partial charge is 0.496 e. The predicted octanol–water partition coefficient (Wildman–Crippen LogP) is 3.11. The van der Waals surface area contributed by atoms with E-state index in [1.165, 1.54) is 23.3 Å². The number of nitro groups is 1. The number of methoxy groups -OCH3 is 1. The zero-order valence-electron chi connectivity index (χ0n) is 15.5. The van der Waals surface area contributed by atoms with E-state index in [0.717, 1.165) is 44.2 Å². The number of rotatable bonds is 5. The molecule has 1 aliphatic rings. The van der Waals surface area contributed by atoms with Gasteiger partial charge in [0.25, 0.3) is 5.69 Å². The van der Waals surface area contributed by atoms with Crippen LogP contribution in [0, 0.1) is 28.4 Å². The van der Waals surface area contributed by atoms with Crippen molar-refractivity contribution in [1.29, 1.82) is 5.26 Å². The molecule has 0 radical (unpaired) electrons. The van der Waals surface area contributed by atoms with Crippen molar-refractivity contribution in [2.45, 2.75) is 13.5 Å². The molecule has 1 aliphatic heterocycles. The van der Waals surface area contributed by atoms with E-state index in [9.17, 15) is 15.4 Å². The number of ether oxygens (including phenoxy) is 1. The summed E-state index contributed by atoms with van der Waals surface area (Å²) in [6.07, 6.45) is 0. The average molecular weight is 366 g/mol. The zero-order valence-corrected chi connectivity index (χ0v) is 15.5. The fourth-order valence-corrected chi connectivity index (χ4v) is 3.42. The molecular formula is C20H22N4O3. The van der Waals surface area contributed by atoms with Crippen LogP contribution in [0.4, 0.5) is 11.4 Å². The monoisotopic (exact) mass is 366 g/mol. The van der Waals surface area contributed by atoms with Crippen LogP contribution in [0.15, 0.2) is 36.4 Å². The van der Waals surface area contributed by atoms with E-state index in [4.69, 9.17) is 4.74 Å². The molecule has 7 nitrogen and oxygen atoms in total. The summed E-state index contributed by atoms with van der Waals surface area (Å²) in [5.74, 6) is 0.894. The number of nitriles is 1. The highest BCUT2D eigenvalue weighted by Crippen LogP contribution is 2.27. The lowest BCUT2D eigenvalue weighted by Crippen LogP contribution is -2.46. The summed E-state index contributed by atoms with van der Waals surface area (Å²) in [7, 11) is 1.68. The highest BCUT2D eigenvalue weighted by molar-refractivity contribution is 5.63. The van der Waals surface area contributed by atoms with E-state index in [0.29, 0.717) is 5.56 Å². The molecule has 0 N–H and O–H groups in total.